The van der Waals surface area contributed by atoms with Crippen molar-refractivity contribution in [3.05, 3.63) is 39.3 Å². The lowest BCUT2D eigenvalue weighted by Crippen LogP contribution is -2.22. The maximum Gasteiger partial charge on any atom is 0.274 e. The van der Waals surface area contributed by atoms with Crippen LogP contribution >= 0.6 is 11.3 Å². The number of furan rings is 1. The van der Waals surface area contributed by atoms with Crippen LogP contribution in [0.5, 0.6) is 0 Å². The predicted molar refractivity (Wildman–Crippen MR) is 72.4 cm³/mol. The van der Waals surface area contributed by atoms with E-state index in [0.29, 0.717) is 0 Å². The van der Waals surface area contributed by atoms with Gasteiger partial charge in [-0.25, -0.2) is 13.1 Å². The smallest absolute Gasteiger partial charge is 0.274 e. The van der Waals surface area contributed by atoms with Crippen molar-refractivity contribution in [2.24, 2.45) is 0 Å². The van der Waals surface area contributed by atoms with Crippen LogP contribution in [0.3, 0.4) is 0 Å². The van der Waals surface area contributed by atoms with Crippen LogP contribution in [0.25, 0.3) is 0 Å². The second kappa shape index (κ2) is 5.46. The molecule has 0 spiro atoms. The molecule has 0 amide bonds. The number of rotatable bonds is 5. The summed E-state index contributed by atoms with van der Waals surface area (Å²) in [7, 11) is -3.67. The molecule has 2 N–H and O–H groups in total. The summed E-state index contributed by atoms with van der Waals surface area (Å²) in [5.74, 6) is 0.225. The highest BCUT2D eigenvalue weighted by Gasteiger charge is 2.18. The van der Waals surface area contributed by atoms with Gasteiger partial charge in [-0.1, -0.05) is 0 Å². The molecule has 0 atom stereocenters. The normalized spacial score (nSPS) is 11.9. The fraction of sp³-hybridized carbons (Fsp3) is 0.333. The molecule has 5 nitrogen and oxygen atoms in total. The van der Waals surface area contributed by atoms with Gasteiger partial charge in [0.1, 0.15) is 12.4 Å². The molecule has 0 aliphatic heterocycles. The first-order valence-corrected chi connectivity index (χ1v) is 7.97. The molecular formula is C12H15NO4S2. The van der Waals surface area contributed by atoms with Gasteiger partial charge < -0.3 is 9.52 Å². The minimum atomic E-state index is -3.67. The SMILES string of the molecule is Cc1cc(CNS(=O)(=O)c2ccc(CO)o2)sc1C. The topological polar surface area (TPSA) is 79.5 Å². The first-order valence-electron chi connectivity index (χ1n) is 5.67. The van der Waals surface area contributed by atoms with Gasteiger partial charge in [-0.05, 0) is 37.6 Å². The minimum absolute atomic E-state index is 0.179. The largest absolute Gasteiger partial charge is 0.446 e. The number of hydrogen-bond acceptors (Lipinski definition) is 5. The number of sulfonamides is 1. The fourth-order valence-electron chi connectivity index (χ4n) is 1.56. The second-order valence-electron chi connectivity index (χ2n) is 4.16. The summed E-state index contributed by atoms with van der Waals surface area (Å²) < 4.78 is 31.4. The van der Waals surface area contributed by atoms with E-state index in [1.807, 2.05) is 19.9 Å². The van der Waals surface area contributed by atoms with Crippen molar-refractivity contribution in [1.82, 2.24) is 4.72 Å². The van der Waals surface area contributed by atoms with Gasteiger partial charge in [0.2, 0.25) is 5.09 Å². The Morgan fingerprint density at radius 1 is 1.37 bits per heavy atom. The van der Waals surface area contributed by atoms with Gasteiger partial charge in [0.05, 0.1) is 0 Å². The summed E-state index contributed by atoms with van der Waals surface area (Å²) in [5.41, 5.74) is 1.15. The summed E-state index contributed by atoms with van der Waals surface area (Å²) >= 11 is 1.56. The van der Waals surface area contributed by atoms with Crippen molar-refractivity contribution in [3.8, 4) is 0 Å². The zero-order valence-corrected chi connectivity index (χ0v) is 12.3. The third-order valence-electron chi connectivity index (χ3n) is 2.71. The molecular weight excluding hydrogens is 286 g/mol. The van der Waals surface area contributed by atoms with Crippen LogP contribution in [-0.2, 0) is 23.2 Å². The molecule has 0 bridgehead atoms. The van der Waals surface area contributed by atoms with Crippen molar-refractivity contribution >= 4 is 21.4 Å². The Morgan fingerprint density at radius 2 is 2.11 bits per heavy atom. The van der Waals surface area contributed by atoms with Crippen LogP contribution in [0.1, 0.15) is 21.1 Å². The molecule has 0 aromatic carbocycles. The highest BCUT2D eigenvalue weighted by Crippen LogP contribution is 2.21. The van der Waals surface area contributed by atoms with Gasteiger partial charge in [0, 0.05) is 16.3 Å². The molecule has 0 saturated carbocycles. The summed E-state index contributed by atoms with van der Waals surface area (Å²) in [6.07, 6.45) is 0. The Morgan fingerprint density at radius 3 is 2.63 bits per heavy atom. The van der Waals surface area contributed by atoms with Crippen LogP contribution in [-0.4, -0.2) is 13.5 Å². The quantitative estimate of drug-likeness (QED) is 0.884. The molecule has 2 rings (SSSR count). The maximum atomic E-state index is 11.9. The second-order valence-corrected chi connectivity index (χ2v) is 7.19. The molecule has 0 saturated heterocycles. The number of hydrogen-bond donors (Lipinski definition) is 2. The molecule has 19 heavy (non-hydrogen) atoms. The van der Waals surface area contributed by atoms with E-state index in [2.05, 4.69) is 4.72 Å². The van der Waals surface area contributed by atoms with Crippen LogP contribution in [0.4, 0.5) is 0 Å². The Labute approximate surface area is 115 Å². The zero-order chi connectivity index (χ0) is 14.0. The number of aliphatic hydroxyl groups is 1. The van der Waals surface area contributed by atoms with Gasteiger partial charge in [-0.2, -0.15) is 0 Å². The lowest BCUT2D eigenvalue weighted by atomic mass is 10.3. The van der Waals surface area contributed by atoms with Gasteiger partial charge in [-0.15, -0.1) is 11.3 Å². The van der Waals surface area contributed by atoms with Gasteiger partial charge in [-0.3, -0.25) is 0 Å². The van der Waals surface area contributed by atoms with Crippen molar-refractivity contribution < 1.29 is 17.9 Å². The zero-order valence-electron chi connectivity index (χ0n) is 10.6. The Kier molecular flexibility index (Phi) is 4.10. The summed E-state index contributed by atoms with van der Waals surface area (Å²) in [4.78, 5) is 2.13. The molecule has 104 valence electrons. The summed E-state index contributed by atoms with van der Waals surface area (Å²) in [5, 5.41) is 8.67. The summed E-state index contributed by atoms with van der Waals surface area (Å²) in [6, 6.07) is 4.73. The number of aliphatic hydroxyl groups excluding tert-OH is 1. The highest BCUT2D eigenvalue weighted by atomic mass is 32.2. The minimum Gasteiger partial charge on any atom is -0.446 e. The Balaban J connectivity index is 2.09. The van der Waals surface area contributed by atoms with Gasteiger partial charge in [0.25, 0.3) is 10.0 Å². The first-order chi connectivity index (χ1) is 8.92. The molecule has 2 aromatic heterocycles. The van der Waals surface area contributed by atoms with Crippen molar-refractivity contribution in [2.45, 2.75) is 32.1 Å². The van der Waals surface area contributed by atoms with E-state index in [1.165, 1.54) is 17.0 Å². The molecule has 2 aromatic rings. The Hall–Kier alpha value is -1.15. The third kappa shape index (κ3) is 3.24. The van der Waals surface area contributed by atoms with Crippen molar-refractivity contribution in [2.75, 3.05) is 0 Å². The van der Waals surface area contributed by atoms with Crippen molar-refractivity contribution in [3.63, 3.8) is 0 Å². The molecule has 0 aliphatic carbocycles. The van der Waals surface area contributed by atoms with Gasteiger partial charge >= 0.3 is 0 Å². The van der Waals surface area contributed by atoms with Crippen LogP contribution in [0.2, 0.25) is 0 Å². The van der Waals surface area contributed by atoms with E-state index in [0.717, 1.165) is 10.4 Å². The highest BCUT2D eigenvalue weighted by molar-refractivity contribution is 7.89. The first kappa shape index (κ1) is 14.3. The molecule has 0 fully saturated rings. The van der Waals surface area contributed by atoms with E-state index in [-0.39, 0.29) is 24.0 Å². The number of nitrogens with one attached hydrogen (secondary N) is 1. The molecule has 0 aliphatic rings. The number of aryl methyl sites for hydroxylation is 2. The van der Waals surface area contributed by atoms with Crippen molar-refractivity contribution in [1.29, 1.82) is 0 Å². The van der Waals surface area contributed by atoms with Gasteiger partial charge in [0.15, 0.2) is 0 Å². The van der Waals surface area contributed by atoms with E-state index in [9.17, 15) is 8.42 Å². The molecule has 0 radical (unpaired) electrons. The third-order valence-corrected chi connectivity index (χ3v) is 5.14. The predicted octanol–water partition coefficient (Wildman–Crippen LogP) is 1.93. The molecule has 0 unspecified atom stereocenters. The van der Waals surface area contributed by atoms with Crippen LogP contribution in [0.15, 0.2) is 27.7 Å². The van der Waals surface area contributed by atoms with Crippen LogP contribution in [0, 0.1) is 13.8 Å². The molecule has 7 heteroatoms. The average Bonchev–Trinajstić information content (AvgIpc) is 2.95. The van der Waals surface area contributed by atoms with E-state index in [4.69, 9.17) is 9.52 Å². The molecule has 2 heterocycles. The van der Waals surface area contributed by atoms with Crippen LogP contribution < -0.4 is 4.72 Å². The van der Waals surface area contributed by atoms with E-state index < -0.39 is 10.0 Å². The monoisotopic (exact) mass is 301 g/mol. The lowest BCUT2D eigenvalue weighted by Gasteiger charge is -2.02. The number of thiophene rings is 1. The average molecular weight is 301 g/mol. The standard InChI is InChI=1S/C12H15NO4S2/c1-8-5-11(18-9(8)2)6-13-19(15,16)12-4-3-10(7-14)17-12/h3-5,13-14H,6-7H2,1-2H3. The van der Waals surface area contributed by atoms with E-state index >= 15 is 0 Å². The summed E-state index contributed by atoms with van der Waals surface area (Å²) in [6.45, 7) is 3.90. The lowest BCUT2D eigenvalue weighted by molar-refractivity contribution is 0.236. The Bertz CT molecular complexity index is 650. The maximum absolute atomic E-state index is 11.9. The van der Waals surface area contributed by atoms with E-state index in [1.54, 1.807) is 11.3 Å². The fourth-order valence-corrected chi connectivity index (χ4v) is 3.60.